The van der Waals surface area contributed by atoms with Gasteiger partial charge in [0.05, 0.1) is 17.4 Å². The summed E-state index contributed by atoms with van der Waals surface area (Å²) in [5.74, 6) is 0.355. The van der Waals surface area contributed by atoms with Crippen molar-refractivity contribution < 1.29 is 13.2 Å². The molecule has 0 fully saturated rings. The number of aryl methyl sites for hydroxylation is 1. The normalized spacial score (nSPS) is 11.2. The Morgan fingerprint density at radius 1 is 0.923 bits per heavy atom. The number of aromatic nitrogens is 3. The van der Waals surface area contributed by atoms with E-state index in [1.165, 1.54) is 24.4 Å². The van der Waals surface area contributed by atoms with Crippen molar-refractivity contribution in [2.75, 3.05) is 10.6 Å². The van der Waals surface area contributed by atoms with Gasteiger partial charge < -0.3 is 10.6 Å². The average Bonchev–Trinajstić information content (AvgIpc) is 2.62. The molecule has 2 N–H and O–H groups in total. The van der Waals surface area contributed by atoms with Crippen molar-refractivity contribution in [1.82, 2.24) is 15.2 Å². The molecular weight excluding hydrogens is 343 g/mol. The minimum absolute atomic E-state index is 0.0271. The Kier molecular flexibility index (Phi) is 5.01. The van der Waals surface area contributed by atoms with E-state index < -0.39 is 11.7 Å². The Bertz CT molecular complexity index is 896. The maximum absolute atomic E-state index is 13.1. The summed E-state index contributed by atoms with van der Waals surface area (Å²) in [6.45, 7) is 2.03. The van der Waals surface area contributed by atoms with E-state index >= 15 is 0 Å². The van der Waals surface area contributed by atoms with Crippen molar-refractivity contribution in [1.29, 1.82) is 0 Å². The maximum Gasteiger partial charge on any atom is 0.418 e. The molecule has 0 radical (unpaired) electrons. The molecule has 0 unspecified atom stereocenters. The fraction of sp³-hybridized carbons (Fsp3) is 0.167. The zero-order chi connectivity index (χ0) is 18.6. The summed E-state index contributed by atoms with van der Waals surface area (Å²) in [5, 5.41) is 13.3. The zero-order valence-corrected chi connectivity index (χ0v) is 13.9. The number of halogens is 3. The number of alkyl halides is 3. The Morgan fingerprint density at radius 2 is 1.62 bits per heavy atom. The second-order valence-electron chi connectivity index (χ2n) is 5.47. The van der Waals surface area contributed by atoms with Gasteiger partial charge in [0.2, 0.25) is 5.95 Å². The first-order valence-corrected chi connectivity index (χ1v) is 7.95. The summed E-state index contributed by atoms with van der Waals surface area (Å²) in [4.78, 5) is 4.20. The highest BCUT2D eigenvalue weighted by Crippen LogP contribution is 2.35. The van der Waals surface area contributed by atoms with Gasteiger partial charge in [-0.05, 0) is 30.2 Å². The maximum atomic E-state index is 13.1. The molecule has 8 heteroatoms. The van der Waals surface area contributed by atoms with Gasteiger partial charge in [-0.2, -0.15) is 23.3 Å². The van der Waals surface area contributed by atoms with Gasteiger partial charge in [-0.3, -0.25) is 0 Å². The summed E-state index contributed by atoms with van der Waals surface area (Å²) in [6.07, 6.45) is -2.24. The summed E-state index contributed by atoms with van der Waals surface area (Å²) >= 11 is 0. The van der Waals surface area contributed by atoms with Crippen LogP contribution in [0.5, 0.6) is 0 Å². The number of anilines is 4. The van der Waals surface area contributed by atoms with Crippen molar-refractivity contribution in [3.05, 3.63) is 65.9 Å². The van der Waals surface area contributed by atoms with Crippen LogP contribution >= 0.6 is 0 Å². The molecule has 0 saturated heterocycles. The van der Waals surface area contributed by atoms with Gasteiger partial charge in [0.1, 0.15) is 0 Å². The molecular formula is C18H16F3N5. The first-order valence-electron chi connectivity index (χ1n) is 7.95. The second kappa shape index (κ2) is 7.38. The van der Waals surface area contributed by atoms with Crippen LogP contribution in [0.1, 0.15) is 18.1 Å². The predicted molar refractivity (Wildman–Crippen MR) is 93.7 cm³/mol. The first-order chi connectivity index (χ1) is 12.5. The highest BCUT2D eigenvalue weighted by atomic mass is 19.4. The summed E-state index contributed by atoms with van der Waals surface area (Å²) in [6, 6.07) is 12.8. The van der Waals surface area contributed by atoms with Gasteiger partial charge in [0, 0.05) is 5.69 Å². The van der Waals surface area contributed by atoms with E-state index in [2.05, 4.69) is 25.8 Å². The van der Waals surface area contributed by atoms with Gasteiger partial charge in [-0.25, -0.2) is 0 Å². The minimum Gasteiger partial charge on any atom is -0.339 e. The van der Waals surface area contributed by atoms with Crippen LogP contribution in [0.3, 0.4) is 0 Å². The molecule has 26 heavy (non-hydrogen) atoms. The Balaban J connectivity index is 1.85. The number of para-hydroxylation sites is 2. The highest BCUT2D eigenvalue weighted by Gasteiger charge is 2.33. The summed E-state index contributed by atoms with van der Waals surface area (Å²) in [5.41, 5.74) is 1.02. The molecule has 0 aliphatic rings. The smallest absolute Gasteiger partial charge is 0.339 e. The van der Waals surface area contributed by atoms with Crippen LogP contribution in [0.4, 0.5) is 36.3 Å². The first kappa shape index (κ1) is 17.7. The highest BCUT2D eigenvalue weighted by molar-refractivity contribution is 5.63. The van der Waals surface area contributed by atoms with Gasteiger partial charge in [-0.15, -0.1) is 5.10 Å². The molecule has 1 aromatic heterocycles. The number of hydrogen-bond donors (Lipinski definition) is 2. The molecule has 0 amide bonds. The van der Waals surface area contributed by atoms with Crippen LogP contribution in [0.2, 0.25) is 0 Å². The molecule has 0 aliphatic heterocycles. The number of nitrogens with one attached hydrogen (secondary N) is 2. The van der Waals surface area contributed by atoms with E-state index in [0.717, 1.165) is 23.7 Å². The number of benzene rings is 2. The van der Waals surface area contributed by atoms with Crippen LogP contribution < -0.4 is 10.6 Å². The van der Waals surface area contributed by atoms with Crippen LogP contribution in [-0.4, -0.2) is 15.2 Å². The standard InChI is InChI=1S/C18H16F3N5/c1-2-12-7-3-5-9-14(12)23-16-11-22-26-17(25-16)24-15-10-6-4-8-13(15)18(19,20)21/h3-11H,2H2,1H3,(H2,23,24,25,26). The van der Waals surface area contributed by atoms with Crippen molar-refractivity contribution in [2.45, 2.75) is 19.5 Å². The van der Waals surface area contributed by atoms with Crippen LogP contribution in [0.15, 0.2) is 54.7 Å². The van der Waals surface area contributed by atoms with E-state index in [1.54, 1.807) is 0 Å². The predicted octanol–water partition coefficient (Wildman–Crippen LogP) is 4.94. The molecule has 0 aliphatic carbocycles. The molecule has 3 rings (SSSR count). The molecule has 3 aromatic rings. The Labute approximate surface area is 148 Å². The van der Waals surface area contributed by atoms with E-state index in [4.69, 9.17) is 0 Å². The quantitative estimate of drug-likeness (QED) is 0.676. The molecule has 0 spiro atoms. The third-order valence-electron chi connectivity index (χ3n) is 3.70. The lowest BCUT2D eigenvalue weighted by atomic mass is 10.1. The molecule has 5 nitrogen and oxygen atoms in total. The number of rotatable bonds is 5. The molecule has 0 saturated carbocycles. The minimum atomic E-state index is -4.48. The third-order valence-corrected chi connectivity index (χ3v) is 3.70. The van der Waals surface area contributed by atoms with Gasteiger partial charge in [0.15, 0.2) is 5.82 Å². The summed E-state index contributed by atoms with van der Waals surface area (Å²) < 4.78 is 39.3. The van der Waals surface area contributed by atoms with E-state index in [-0.39, 0.29) is 11.6 Å². The summed E-state index contributed by atoms with van der Waals surface area (Å²) in [7, 11) is 0. The number of nitrogens with zero attached hydrogens (tertiary/aromatic N) is 3. The SMILES string of the molecule is CCc1ccccc1Nc1cnnc(Nc2ccccc2C(F)(F)F)n1. The number of hydrogen-bond acceptors (Lipinski definition) is 5. The molecule has 134 valence electrons. The van der Waals surface area contributed by atoms with E-state index in [0.29, 0.717) is 5.82 Å². The largest absolute Gasteiger partial charge is 0.418 e. The van der Waals surface area contributed by atoms with Crippen LogP contribution in [-0.2, 0) is 12.6 Å². The molecule has 2 aromatic carbocycles. The van der Waals surface area contributed by atoms with Gasteiger partial charge in [0.25, 0.3) is 0 Å². The molecule has 1 heterocycles. The van der Waals surface area contributed by atoms with Crippen LogP contribution in [0.25, 0.3) is 0 Å². The zero-order valence-electron chi connectivity index (χ0n) is 13.9. The second-order valence-corrected chi connectivity index (χ2v) is 5.47. The average molecular weight is 359 g/mol. The van der Waals surface area contributed by atoms with Crippen LogP contribution in [0, 0.1) is 0 Å². The Hall–Kier alpha value is -3.16. The fourth-order valence-corrected chi connectivity index (χ4v) is 2.47. The lowest BCUT2D eigenvalue weighted by molar-refractivity contribution is -0.136. The molecule has 0 atom stereocenters. The lowest BCUT2D eigenvalue weighted by Gasteiger charge is -2.14. The van der Waals surface area contributed by atoms with Gasteiger partial charge in [-0.1, -0.05) is 37.3 Å². The van der Waals surface area contributed by atoms with Gasteiger partial charge >= 0.3 is 6.18 Å². The van der Waals surface area contributed by atoms with Crippen molar-refractivity contribution >= 4 is 23.1 Å². The van der Waals surface area contributed by atoms with Crippen molar-refractivity contribution in [3.63, 3.8) is 0 Å². The topological polar surface area (TPSA) is 62.7 Å². The van der Waals surface area contributed by atoms with Crippen molar-refractivity contribution in [2.24, 2.45) is 0 Å². The van der Waals surface area contributed by atoms with E-state index in [9.17, 15) is 13.2 Å². The monoisotopic (exact) mass is 359 g/mol. The van der Waals surface area contributed by atoms with E-state index in [1.807, 2.05) is 31.2 Å². The molecule has 0 bridgehead atoms. The van der Waals surface area contributed by atoms with Crippen molar-refractivity contribution in [3.8, 4) is 0 Å². The fourth-order valence-electron chi connectivity index (χ4n) is 2.47. The Morgan fingerprint density at radius 3 is 2.35 bits per heavy atom. The third kappa shape index (κ3) is 4.08. The lowest BCUT2D eigenvalue weighted by Crippen LogP contribution is -2.10.